The predicted molar refractivity (Wildman–Crippen MR) is 114 cm³/mol. The van der Waals surface area contributed by atoms with Gasteiger partial charge in [-0.25, -0.2) is 0 Å². The Kier molecular flexibility index (Phi) is 6.62. The molecule has 2 aromatic carbocycles. The summed E-state index contributed by atoms with van der Waals surface area (Å²) in [6.45, 7) is 2.65. The van der Waals surface area contributed by atoms with Gasteiger partial charge in [0.2, 0.25) is 12.0 Å². The fourth-order valence-electron chi connectivity index (χ4n) is 3.89. The van der Waals surface area contributed by atoms with E-state index in [1.165, 1.54) is 0 Å². The Morgan fingerprint density at radius 2 is 1.68 bits per heavy atom. The second-order valence-corrected chi connectivity index (χ2v) is 7.71. The van der Waals surface area contributed by atoms with Crippen molar-refractivity contribution in [2.24, 2.45) is 0 Å². The third-order valence-electron chi connectivity index (χ3n) is 5.57. The first-order valence-corrected chi connectivity index (χ1v) is 10.6. The lowest BCUT2D eigenvalue weighted by Gasteiger charge is -2.30. The summed E-state index contributed by atoms with van der Waals surface area (Å²) in [6.07, 6.45) is 0.513. The van der Waals surface area contributed by atoms with Crippen LogP contribution in [-0.2, 0) is 30.3 Å². The van der Waals surface area contributed by atoms with Gasteiger partial charge in [-0.3, -0.25) is 14.4 Å². The molecule has 0 N–H and O–H groups in total. The minimum atomic E-state index is -0.978. The molecule has 0 bridgehead atoms. The van der Waals surface area contributed by atoms with Gasteiger partial charge in [0.15, 0.2) is 0 Å². The Morgan fingerprint density at radius 3 is 2.32 bits per heavy atom. The van der Waals surface area contributed by atoms with E-state index < -0.39 is 12.1 Å². The van der Waals surface area contributed by atoms with Gasteiger partial charge in [0.1, 0.15) is 0 Å². The van der Waals surface area contributed by atoms with Crippen molar-refractivity contribution < 1.29 is 23.9 Å². The molecule has 0 unspecified atom stereocenters. The average Bonchev–Trinajstić information content (AvgIpc) is 3.24. The molecule has 2 aliphatic rings. The molecule has 2 aliphatic heterocycles. The normalized spacial score (nSPS) is 17.5. The minimum absolute atomic E-state index is 0.0496. The Balaban J connectivity index is 1.43. The van der Waals surface area contributed by atoms with Gasteiger partial charge in [0, 0.05) is 37.3 Å². The smallest absolute Gasteiger partial charge is 0.311 e. The molecule has 4 rings (SSSR count). The summed E-state index contributed by atoms with van der Waals surface area (Å²) < 4.78 is 11.0. The van der Waals surface area contributed by atoms with E-state index in [2.05, 4.69) is 0 Å². The Morgan fingerprint density at radius 1 is 0.968 bits per heavy atom. The van der Waals surface area contributed by atoms with Crippen LogP contribution in [0.1, 0.15) is 30.1 Å². The molecule has 0 aliphatic carbocycles. The summed E-state index contributed by atoms with van der Waals surface area (Å²) in [5.41, 5.74) is 2.26. The number of carbonyl (C=O) groups is 3. The number of amides is 2. The maximum atomic E-state index is 13.1. The Hall–Kier alpha value is -3.19. The highest BCUT2D eigenvalue weighted by Crippen LogP contribution is 2.24. The van der Waals surface area contributed by atoms with Crippen LogP contribution in [0.5, 0.6) is 0 Å². The van der Waals surface area contributed by atoms with E-state index in [1.807, 2.05) is 42.5 Å². The quantitative estimate of drug-likeness (QED) is 0.669. The van der Waals surface area contributed by atoms with E-state index in [4.69, 9.17) is 9.47 Å². The number of carbonyl (C=O) groups excluding carboxylic acids is 3. The van der Waals surface area contributed by atoms with E-state index in [1.54, 1.807) is 21.9 Å². The predicted octanol–water partition coefficient (Wildman–Crippen LogP) is 2.50. The number of morpholine rings is 1. The molecule has 162 valence electrons. The first kappa shape index (κ1) is 21.1. The lowest BCUT2D eigenvalue weighted by Crippen LogP contribution is -2.44. The number of benzene rings is 2. The van der Waals surface area contributed by atoms with Crippen LogP contribution in [0.25, 0.3) is 0 Å². The van der Waals surface area contributed by atoms with Crippen LogP contribution in [0.4, 0.5) is 5.69 Å². The highest BCUT2D eigenvalue weighted by Gasteiger charge is 2.30. The van der Waals surface area contributed by atoms with Crippen molar-refractivity contribution in [2.75, 3.05) is 37.7 Å². The van der Waals surface area contributed by atoms with E-state index in [9.17, 15) is 14.4 Å². The summed E-state index contributed by atoms with van der Waals surface area (Å²) >= 11 is 0. The molecule has 0 saturated carbocycles. The fraction of sp³-hybridized carbons (Fsp3) is 0.375. The molecule has 2 heterocycles. The molecule has 2 saturated heterocycles. The van der Waals surface area contributed by atoms with Gasteiger partial charge in [-0.2, -0.15) is 0 Å². The van der Waals surface area contributed by atoms with Gasteiger partial charge in [-0.05, 0) is 24.1 Å². The number of rotatable bonds is 6. The van der Waals surface area contributed by atoms with Crippen molar-refractivity contribution in [3.8, 4) is 0 Å². The summed E-state index contributed by atoms with van der Waals surface area (Å²) in [7, 11) is 0. The number of nitrogens with zero attached hydrogens (tertiary/aromatic N) is 2. The Labute approximate surface area is 181 Å². The second-order valence-electron chi connectivity index (χ2n) is 7.71. The van der Waals surface area contributed by atoms with E-state index in [-0.39, 0.29) is 18.2 Å². The van der Waals surface area contributed by atoms with E-state index in [0.717, 1.165) is 24.2 Å². The van der Waals surface area contributed by atoms with Crippen molar-refractivity contribution in [2.45, 2.75) is 25.4 Å². The van der Waals surface area contributed by atoms with Crippen LogP contribution in [0.2, 0.25) is 0 Å². The van der Waals surface area contributed by atoms with Crippen LogP contribution < -0.4 is 4.90 Å². The third kappa shape index (κ3) is 5.11. The van der Waals surface area contributed by atoms with Crippen molar-refractivity contribution in [1.29, 1.82) is 0 Å². The molecule has 31 heavy (non-hydrogen) atoms. The van der Waals surface area contributed by atoms with Gasteiger partial charge >= 0.3 is 5.97 Å². The number of anilines is 1. The molecule has 7 nitrogen and oxygen atoms in total. The maximum absolute atomic E-state index is 13.1. The van der Waals surface area contributed by atoms with Crippen LogP contribution in [0.15, 0.2) is 54.6 Å². The maximum Gasteiger partial charge on any atom is 0.311 e. The van der Waals surface area contributed by atoms with Gasteiger partial charge in [0.05, 0.1) is 19.6 Å². The molecule has 2 amide bonds. The third-order valence-corrected chi connectivity index (χ3v) is 5.57. The van der Waals surface area contributed by atoms with Crippen LogP contribution in [0, 0.1) is 0 Å². The SMILES string of the molecule is O=C(Cc1ccc(N2CCCC2=O)cc1)O[C@@H](C(=O)N1CCOCC1)c1ccccc1. The molecule has 0 aromatic heterocycles. The lowest BCUT2D eigenvalue weighted by molar-refractivity contribution is -0.162. The van der Waals surface area contributed by atoms with Crippen LogP contribution in [0.3, 0.4) is 0 Å². The molecule has 1 atom stereocenters. The summed E-state index contributed by atoms with van der Waals surface area (Å²) in [5, 5.41) is 0. The first-order valence-electron chi connectivity index (χ1n) is 10.6. The zero-order valence-corrected chi connectivity index (χ0v) is 17.4. The zero-order chi connectivity index (χ0) is 21.6. The topological polar surface area (TPSA) is 76.2 Å². The van der Waals surface area contributed by atoms with Crippen LogP contribution in [-0.4, -0.2) is 55.5 Å². The van der Waals surface area contributed by atoms with Gasteiger partial charge in [0.25, 0.3) is 5.91 Å². The second kappa shape index (κ2) is 9.75. The minimum Gasteiger partial charge on any atom is -0.447 e. The lowest BCUT2D eigenvalue weighted by atomic mass is 10.1. The number of hydrogen-bond acceptors (Lipinski definition) is 5. The summed E-state index contributed by atoms with van der Waals surface area (Å²) in [6, 6.07) is 16.4. The van der Waals surface area contributed by atoms with Gasteiger partial charge < -0.3 is 19.3 Å². The fourth-order valence-corrected chi connectivity index (χ4v) is 3.89. The van der Waals surface area contributed by atoms with Crippen molar-refractivity contribution in [3.63, 3.8) is 0 Å². The van der Waals surface area contributed by atoms with Crippen molar-refractivity contribution >= 4 is 23.5 Å². The number of esters is 1. The highest BCUT2D eigenvalue weighted by atomic mass is 16.5. The molecule has 2 fully saturated rings. The van der Waals surface area contributed by atoms with Gasteiger partial charge in [-0.1, -0.05) is 42.5 Å². The number of hydrogen-bond donors (Lipinski definition) is 0. The largest absolute Gasteiger partial charge is 0.447 e. The first-order chi connectivity index (χ1) is 15.1. The monoisotopic (exact) mass is 422 g/mol. The van der Waals surface area contributed by atoms with E-state index in [0.29, 0.717) is 38.3 Å². The van der Waals surface area contributed by atoms with Gasteiger partial charge in [-0.15, -0.1) is 0 Å². The average molecular weight is 422 g/mol. The van der Waals surface area contributed by atoms with Crippen molar-refractivity contribution in [3.05, 3.63) is 65.7 Å². The molecule has 2 aromatic rings. The van der Waals surface area contributed by atoms with Crippen LogP contribution >= 0.6 is 0 Å². The Bertz CT molecular complexity index is 923. The number of ether oxygens (including phenoxy) is 2. The molecule has 7 heteroatoms. The zero-order valence-electron chi connectivity index (χ0n) is 17.4. The molecular weight excluding hydrogens is 396 g/mol. The van der Waals surface area contributed by atoms with E-state index >= 15 is 0 Å². The molecule has 0 radical (unpaired) electrons. The van der Waals surface area contributed by atoms with Crippen molar-refractivity contribution in [1.82, 2.24) is 4.90 Å². The molecule has 0 spiro atoms. The summed E-state index contributed by atoms with van der Waals surface area (Å²) in [5.74, 6) is -0.578. The summed E-state index contributed by atoms with van der Waals surface area (Å²) in [4.78, 5) is 41.1. The standard InChI is InChI=1S/C24H26N2O5/c27-21-7-4-12-26(21)20-10-8-18(9-11-20)17-22(28)31-23(19-5-2-1-3-6-19)24(29)25-13-15-30-16-14-25/h1-3,5-6,8-11,23H,4,7,12-17H2/t23-/m1/s1. The molecular formula is C24H26N2O5. The highest BCUT2D eigenvalue weighted by molar-refractivity contribution is 5.95.